The molecule has 2 rings (SSSR count). The molecule has 1 fully saturated rings. The van der Waals surface area contributed by atoms with Gasteiger partial charge in [-0.25, -0.2) is 22.7 Å². The Bertz CT molecular complexity index is 942. The highest BCUT2D eigenvalue weighted by Crippen LogP contribution is 2.28. The van der Waals surface area contributed by atoms with Gasteiger partial charge in [0, 0.05) is 12.6 Å². The van der Waals surface area contributed by atoms with E-state index in [4.69, 9.17) is 4.74 Å². The third kappa shape index (κ3) is 6.57. The SMILES string of the molecule is COC(=O)/C=C1/SCC(=O)N1CCCOC(=O)c1cccc(S(=O)(=O)NC(C)C)c1. The molecule has 0 unspecified atom stereocenters. The van der Waals surface area contributed by atoms with Gasteiger partial charge in [0.25, 0.3) is 0 Å². The fourth-order valence-electron chi connectivity index (χ4n) is 2.57. The number of thioether (sulfide) groups is 1. The number of carbonyl (C=O) groups excluding carboxylic acids is 3. The number of sulfonamides is 1. The second kappa shape index (κ2) is 10.6. The maximum absolute atomic E-state index is 12.3. The number of amides is 1. The number of ether oxygens (including phenoxy) is 2. The molecule has 0 aromatic heterocycles. The zero-order chi connectivity index (χ0) is 22.3. The number of nitrogens with one attached hydrogen (secondary N) is 1. The second-order valence-electron chi connectivity index (χ2n) is 6.63. The number of hydrogen-bond acceptors (Lipinski definition) is 8. The van der Waals surface area contributed by atoms with Gasteiger partial charge >= 0.3 is 11.9 Å². The van der Waals surface area contributed by atoms with E-state index in [9.17, 15) is 22.8 Å². The van der Waals surface area contributed by atoms with Gasteiger partial charge in [-0.2, -0.15) is 0 Å². The van der Waals surface area contributed by atoms with Gasteiger partial charge in [0.1, 0.15) is 0 Å². The van der Waals surface area contributed by atoms with Crippen LogP contribution in [0.2, 0.25) is 0 Å². The van der Waals surface area contributed by atoms with E-state index in [2.05, 4.69) is 9.46 Å². The highest BCUT2D eigenvalue weighted by molar-refractivity contribution is 8.04. The van der Waals surface area contributed by atoms with Crippen LogP contribution < -0.4 is 4.72 Å². The Kier molecular flexibility index (Phi) is 8.44. The normalized spacial score (nSPS) is 15.7. The van der Waals surface area contributed by atoms with E-state index >= 15 is 0 Å². The average molecular weight is 457 g/mol. The molecule has 0 spiro atoms. The zero-order valence-corrected chi connectivity index (χ0v) is 18.5. The zero-order valence-electron chi connectivity index (χ0n) is 16.9. The van der Waals surface area contributed by atoms with Crippen LogP contribution in [0.4, 0.5) is 0 Å². The van der Waals surface area contributed by atoms with E-state index in [1.54, 1.807) is 13.8 Å². The molecule has 1 aromatic carbocycles. The monoisotopic (exact) mass is 456 g/mol. The van der Waals surface area contributed by atoms with E-state index < -0.39 is 22.0 Å². The van der Waals surface area contributed by atoms with Crippen LogP contribution in [-0.2, 0) is 29.1 Å². The first-order chi connectivity index (χ1) is 14.1. The van der Waals surface area contributed by atoms with Crippen molar-refractivity contribution in [2.45, 2.75) is 31.2 Å². The molecule has 1 aromatic rings. The lowest BCUT2D eigenvalue weighted by Gasteiger charge is -2.16. The molecule has 9 nitrogen and oxygen atoms in total. The van der Waals surface area contributed by atoms with Crippen molar-refractivity contribution < 1.29 is 32.3 Å². The largest absolute Gasteiger partial charge is 0.466 e. The maximum Gasteiger partial charge on any atom is 0.338 e. The molecule has 1 aliphatic heterocycles. The third-order valence-corrected chi connectivity index (χ3v) is 6.56. The lowest BCUT2D eigenvalue weighted by Crippen LogP contribution is -2.30. The molecular weight excluding hydrogens is 432 g/mol. The molecule has 1 N–H and O–H groups in total. The Morgan fingerprint density at radius 2 is 2.07 bits per heavy atom. The van der Waals surface area contributed by atoms with Crippen LogP contribution in [0.25, 0.3) is 0 Å². The molecule has 11 heteroatoms. The van der Waals surface area contributed by atoms with Crippen LogP contribution in [0.5, 0.6) is 0 Å². The van der Waals surface area contributed by atoms with Crippen molar-refractivity contribution >= 4 is 39.6 Å². The molecular formula is C19H24N2O7S2. The van der Waals surface area contributed by atoms with Crippen LogP contribution in [0.15, 0.2) is 40.3 Å². The van der Waals surface area contributed by atoms with Crippen LogP contribution in [0, 0.1) is 0 Å². The topological polar surface area (TPSA) is 119 Å². The molecule has 30 heavy (non-hydrogen) atoms. The van der Waals surface area contributed by atoms with Crippen molar-refractivity contribution in [3.8, 4) is 0 Å². The van der Waals surface area contributed by atoms with Crippen molar-refractivity contribution in [1.82, 2.24) is 9.62 Å². The molecule has 1 heterocycles. The highest BCUT2D eigenvalue weighted by atomic mass is 32.2. The minimum atomic E-state index is -3.72. The van der Waals surface area contributed by atoms with Crippen molar-refractivity contribution in [1.29, 1.82) is 0 Å². The van der Waals surface area contributed by atoms with Crippen molar-refractivity contribution in [3.63, 3.8) is 0 Å². The molecule has 164 valence electrons. The molecule has 0 bridgehead atoms. The van der Waals surface area contributed by atoms with E-state index in [0.29, 0.717) is 11.4 Å². The Labute approximate surface area is 179 Å². The van der Waals surface area contributed by atoms with Gasteiger partial charge in [-0.3, -0.25) is 4.79 Å². The van der Waals surface area contributed by atoms with Crippen molar-refractivity contribution in [2.24, 2.45) is 0 Å². The first-order valence-corrected chi connectivity index (χ1v) is 11.6. The van der Waals surface area contributed by atoms with Gasteiger partial charge in [-0.05, 0) is 38.5 Å². The van der Waals surface area contributed by atoms with Gasteiger partial charge < -0.3 is 14.4 Å². The van der Waals surface area contributed by atoms with Gasteiger partial charge in [-0.15, -0.1) is 0 Å². The highest BCUT2D eigenvalue weighted by Gasteiger charge is 2.27. The van der Waals surface area contributed by atoms with Gasteiger partial charge in [0.2, 0.25) is 15.9 Å². The number of esters is 2. The Morgan fingerprint density at radius 1 is 1.33 bits per heavy atom. The summed E-state index contributed by atoms with van der Waals surface area (Å²) >= 11 is 1.24. The van der Waals surface area contributed by atoms with E-state index in [1.165, 1.54) is 54.1 Å². The fourth-order valence-corrected chi connectivity index (χ4v) is 4.82. The molecule has 0 atom stereocenters. The summed E-state index contributed by atoms with van der Waals surface area (Å²) < 4.78 is 36.7. The van der Waals surface area contributed by atoms with Crippen molar-refractivity contribution in [2.75, 3.05) is 26.0 Å². The number of methoxy groups -OCH3 is 1. The van der Waals surface area contributed by atoms with E-state index in [-0.39, 0.29) is 41.3 Å². The summed E-state index contributed by atoms with van der Waals surface area (Å²) in [6.45, 7) is 3.70. The first-order valence-electron chi connectivity index (χ1n) is 9.16. The van der Waals surface area contributed by atoms with Crippen LogP contribution in [0.3, 0.4) is 0 Å². The number of rotatable bonds is 9. The maximum atomic E-state index is 12.3. The van der Waals surface area contributed by atoms with Crippen LogP contribution in [0.1, 0.15) is 30.6 Å². The Hall–Kier alpha value is -2.37. The summed E-state index contributed by atoms with van der Waals surface area (Å²) in [4.78, 5) is 37.0. The summed E-state index contributed by atoms with van der Waals surface area (Å²) in [5.41, 5.74) is 0.112. The predicted octanol–water partition coefficient (Wildman–Crippen LogP) is 1.51. The lowest BCUT2D eigenvalue weighted by atomic mass is 10.2. The summed E-state index contributed by atoms with van der Waals surface area (Å²) in [7, 11) is -2.47. The standard InChI is InChI=1S/C19H24N2O7S2/c1-13(2)20-30(25,26)15-7-4-6-14(10-15)19(24)28-9-5-8-21-16(22)12-29-17(21)11-18(23)27-3/h4,6-7,10-11,13,20H,5,8-9,12H2,1-3H3/b17-11+. The lowest BCUT2D eigenvalue weighted by molar-refractivity contribution is -0.134. The molecule has 0 aliphatic carbocycles. The summed E-state index contributed by atoms with van der Waals surface area (Å²) in [6.07, 6.45) is 1.60. The number of nitrogens with zero attached hydrogens (tertiary/aromatic N) is 1. The Morgan fingerprint density at radius 3 is 2.73 bits per heavy atom. The van der Waals surface area contributed by atoms with Gasteiger partial charge in [0.05, 0.1) is 41.0 Å². The fraction of sp³-hybridized carbons (Fsp3) is 0.421. The minimum Gasteiger partial charge on any atom is -0.466 e. The molecule has 1 saturated heterocycles. The van der Waals surface area contributed by atoms with E-state index in [1.807, 2.05) is 0 Å². The number of benzene rings is 1. The molecule has 1 amide bonds. The summed E-state index contributed by atoms with van der Waals surface area (Å²) in [6, 6.07) is 5.30. The number of hydrogen-bond donors (Lipinski definition) is 1. The minimum absolute atomic E-state index is 0.0251. The predicted molar refractivity (Wildman–Crippen MR) is 111 cm³/mol. The molecule has 0 radical (unpaired) electrons. The quantitative estimate of drug-likeness (QED) is 0.337. The molecule has 0 saturated carbocycles. The van der Waals surface area contributed by atoms with Gasteiger partial charge in [-0.1, -0.05) is 17.8 Å². The van der Waals surface area contributed by atoms with Crippen LogP contribution in [-0.4, -0.2) is 63.2 Å². The van der Waals surface area contributed by atoms with Gasteiger partial charge in [0.15, 0.2) is 0 Å². The first kappa shape index (κ1) is 23.9. The summed E-state index contributed by atoms with van der Waals surface area (Å²) in [5.74, 6) is -1.12. The average Bonchev–Trinajstić information content (AvgIpc) is 3.03. The second-order valence-corrected chi connectivity index (χ2v) is 9.34. The van der Waals surface area contributed by atoms with Crippen LogP contribution >= 0.6 is 11.8 Å². The third-order valence-electron chi connectivity index (χ3n) is 3.88. The Balaban J connectivity index is 1.92. The molecule has 1 aliphatic rings. The summed E-state index contributed by atoms with van der Waals surface area (Å²) in [5, 5.41) is 0.494. The van der Waals surface area contributed by atoms with Crippen molar-refractivity contribution in [3.05, 3.63) is 40.9 Å². The number of carbonyl (C=O) groups is 3. The smallest absolute Gasteiger partial charge is 0.338 e. The van der Waals surface area contributed by atoms with E-state index in [0.717, 1.165) is 0 Å².